The van der Waals surface area contributed by atoms with E-state index in [1.165, 1.54) is 32.1 Å². The summed E-state index contributed by atoms with van der Waals surface area (Å²) in [6.45, 7) is 8.94. The van der Waals surface area contributed by atoms with Crippen molar-refractivity contribution >= 4 is 0 Å². The van der Waals surface area contributed by atoms with Crippen LogP contribution in [0.3, 0.4) is 0 Å². The minimum atomic E-state index is 0.550. The second kappa shape index (κ2) is 4.99. The fraction of sp³-hybridized carbons (Fsp3) is 1.00. The molecule has 1 aliphatic heterocycles. The van der Waals surface area contributed by atoms with E-state index in [4.69, 9.17) is 4.74 Å². The molecule has 1 aliphatic rings. The van der Waals surface area contributed by atoms with Crippen LogP contribution >= 0.6 is 0 Å². The largest absolute Gasteiger partial charge is 0.381 e. The number of rotatable bonds is 5. The predicted molar refractivity (Wildman–Crippen MR) is 56.8 cm³/mol. The quantitative estimate of drug-likeness (QED) is 0.634. The highest BCUT2D eigenvalue weighted by molar-refractivity contribution is 4.81. The van der Waals surface area contributed by atoms with Crippen LogP contribution < -0.4 is 0 Å². The van der Waals surface area contributed by atoms with Crippen LogP contribution in [0, 0.1) is 11.3 Å². The van der Waals surface area contributed by atoms with Crippen LogP contribution in [0.15, 0.2) is 0 Å². The molecule has 0 spiro atoms. The molecule has 0 saturated carbocycles. The van der Waals surface area contributed by atoms with Crippen molar-refractivity contribution in [3.05, 3.63) is 0 Å². The van der Waals surface area contributed by atoms with Crippen LogP contribution in [0.2, 0.25) is 0 Å². The van der Waals surface area contributed by atoms with E-state index in [0.29, 0.717) is 5.41 Å². The van der Waals surface area contributed by atoms with Crippen molar-refractivity contribution in [3.63, 3.8) is 0 Å². The highest BCUT2D eigenvalue weighted by Gasteiger charge is 2.32. The van der Waals surface area contributed by atoms with Gasteiger partial charge in [-0.05, 0) is 30.6 Å². The van der Waals surface area contributed by atoms with E-state index in [0.717, 1.165) is 19.1 Å². The first-order valence-corrected chi connectivity index (χ1v) is 5.76. The third-order valence-corrected chi connectivity index (χ3v) is 3.42. The molecule has 78 valence electrons. The molecular formula is C12H24O. The van der Waals surface area contributed by atoms with Crippen molar-refractivity contribution in [2.24, 2.45) is 11.3 Å². The monoisotopic (exact) mass is 184 g/mol. The zero-order valence-electron chi connectivity index (χ0n) is 9.44. The smallest absolute Gasteiger partial charge is 0.0523 e. The van der Waals surface area contributed by atoms with Gasteiger partial charge in [0.2, 0.25) is 0 Å². The molecule has 0 amide bonds. The standard InChI is InChI=1S/C12H24O/c1-4-12(8-9-13-10-12)7-5-6-11(2)3/h11H,4-10H2,1-3H3. The highest BCUT2D eigenvalue weighted by atomic mass is 16.5. The summed E-state index contributed by atoms with van der Waals surface area (Å²) in [7, 11) is 0. The molecule has 0 aliphatic carbocycles. The Kier molecular flexibility index (Phi) is 4.24. The lowest BCUT2D eigenvalue weighted by molar-refractivity contribution is 0.140. The summed E-state index contributed by atoms with van der Waals surface area (Å²) in [6, 6.07) is 0. The lowest BCUT2D eigenvalue weighted by atomic mass is 9.79. The van der Waals surface area contributed by atoms with E-state index in [-0.39, 0.29) is 0 Å². The Hall–Kier alpha value is -0.0400. The Balaban J connectivity index is 2.23. The molecule has 1 rings (SSSR count). The maximum Gasteiger partial charge on any atom is 0.0523 e. The van der Waals surface area contributed by atoms with Crippen molar-refractivity contribution in [1.82, 2.24) is 0 Å². The van der Waals surface area contributed by atoms with Crippen LogP contribution in [-0.4, -0.2) is 13.2 Å². The van der Waals surface area contributed by atoms with Gasteiger partial charge in [0, 0.05) is 6.61 Å². The molecule has 0 bridgehead atoms. The van der Waals surface area contributed by atoms with Gasteiger partial charge in [0.05, 0.1) is 6.61 Å². The Morgan fingerprint density at radius 1 is 1.38 bits per heavy atom. The predicted octanol–water partition coefficient (Wildman–Crippen LogP) is 3.63. The molecular weight excluding hydrogens is 160 g/mol. The van der Waals surface area contributed by atoms with Gasteiger partial charge >= 0.3 is 0 Å². The molecule has 1 heterocycles. The van der Waals surface area contributed by atoms with Crippen LogP contribution in [-0.2, 0) is 4.74 Å². The summed E-state index contributed by atoms with van der Waals surface area (Å²) in [5, 5.41) is 0. The van der Waals surface area contributed by atoms with Gasteiger partial charge in [-0.3, -0.25) is 0 Å². The third kappa shape index (κ3) is 3.30. The van der Waals surface area contributed by atoms with E-state index in [1.807, 2.05) is 0 Å². The van der Waals surface area contributed by atoms with Crippen molar-refractivity contribution in [1.29, 1.82) is 0 Å². The topological polar surface area (TPSA) is 9.23 Å². The minimum Gasteiger partial charge on any atom is -0.381 e. The molecule has 1 unspecified atom stereocenters. The third-order valence-electron chi connectivity index (χ3n) is 3.42. The zero-order chi connectivity index (χ0) is 9.73. The van der Waals surface area contributed by atoms with Crippen LogP contribution in [0.5, 0.6) is 0 Å². The summed E-state index contributed by atoms with van der Waals surface area (Å²) in [6.07, 6.45) is 6.73. The maximum atomic E-state index is 5.51. The van der Waals surface area contributed by atoms with Gasteiger partial charge < -0.3 is 4.74 Å². The van der Waals surface area contributed by atoms with Crippen LogP contribution in [0.25, 0.3) is 0 Å². The molecule has 0 aromatic rings. The van der Waals surface area contributed by atoms with Crippen molar-refractivity contribution in [2.45, 2.75) is 52.9 Å². The Labute approximate surface area is 82.9 Å². The Bertz CT molecular complexity index is 134. The second-order valence-corrected chi connectivity index (χ2v) is 4.94. The average Bonchev–Trinajstić information content (AvgIpc) is 2.53. The summed E-state index contributed by atoms with van der Waals surface area (Å²) < 4.78 is 5.51. The van der Waals surface area contributed by atoms with E-state index in [9.17, 15) is 0 Å². The SMILES string of the molecule is CCC1(CCCC(C)C)CCOC1. The molecule has 1 nitrogen and oxygen atoms in total. The van der Waals surface area contributed by atoms with Crippen LogP contribution in [0.4, 0.5) is 0 Å². The molecule has 13 heavy (non-hydrogen) atoms. The Morgan fingerprint density at radius 2 is 2.15 bits per heavy atom. The number of hydrogen-bond donors (Lipinski definition) is 0. The van der Waals surface area contributed by atoms with Gasteiger partial charge in [0.15, 0.2) is 0 Å². The summed E-state index contributed by atoms with van der Waals surface area (Å²) >= 11 is 0. The van der Waals surface area contributed by atoms with E-state index in [1.54, 1.807) is 0 Å². The molecule has 1 fully saturated rings. The van der Waals surface area contributed by atoms with Gasteiger partial charge in [-0.2, -0.15) is 0 Å². The molecule has 0 radical (unpaired) electrons. The zero-order valence-corrected chi connectivity index (χ0v) is 9.44. The normalized spacial score (nSPS) is 28.6. The fourth-order valence-electron chi connectivity index (χ4n) is 2.19. The van der Waals surface area contributed by atoms with Gasteiger partial charge in [-0.25, -0.2) is 0 Å². The summed E-state index contributed by atoms with van der Waals surface area (Å²) in [4.78, 5) is 0. The van der Waals surface area contributed by atoms with Crippen molar-refractivity contribution in [3.8, 4) is 0 Å². The van der Waals surface area contributed by atoms with E-state index in [2.05, 4.69) is 20.8 Å². The Morgan fingerprint density at radius 3 is 2.62 bits per heavy atom. The molecule has 0 N–H and O–H groups in total. The molecule has 1 saturated heterocycles. The van der Waals surface area contributed by atoms with E-state index >= 15 is 0 Å². The summed E-state index contributed by atoms with van der Waals surface area (Å²) in [5.74, 6) is 0.858. The lowest BCUT2D eigenvalue weighted by Gasteiger charge is -2.25. The summed E-state index contributed by atoms with van der Waals surface area (Å²) in [5.41, 5.74) is 0.550. The van der Waals surface area contributed by atoms with Gasteiger partial charge in [0.1, 0.15) is 0 Å². The fourth-order valence-corrected chi connectivity index (χ4v) is 2.19. The van der Waals surface area contributed by atoms with E-state index < -0.39 is 0 Å². The molecule has 0 aromatic carbocycles. The first-order chi connectivity index (χ1) is 6.18. The number of ether oxygens (including phenoxy) is 1. The minimum absolute atomic E-state index is 0.550. The van der Waals surface area contributed by atoms with Crippen molar-refractivity contribution < 1.29 is 4.74 Å². The van der Waals surface area contributed by atoms with Gasteiger partial charge in [-0.15, -0.1) is 0 Å². The van der Waals surface area contributed by atoms with Gasteiger partial charge in [-0.1, -0.05) is 33.6 Å². The molecule has 0 aromatic heterocycles. The first kappa shape index (κ1) is 11.0. The molecule has 1 atom stereocenters. The number of hydrogen-bond acceptors (Lipinski definition) is 1. The maximum absolute atomic E-state index is 5.51. The van der Waals surface area contributed by atoms with Crippen LogP contribution in [0.1, 0.15) is 52.9 Å². The second-order valence-electron chi connectivity index (χ2n) is 4.94. The first-order valence-electron chi connectivity index (χ1n) is 5.76. The van der Waals surface area contributed by atoms with Crippen molar-refractivity contribution in [2.75, 3.05) is 13.2 Å². The molecule has 1 heteroatoms. The highest BCUT2D eigenvalue weighted by Crippen LogP contribution is 2.37. The van der Waals surface area contributed by atoms with Gasteiger partial charge in [0.25, 0.3) is 0 Å². The average molecular weight is 184 g/mol. The lowest BCUT2D eigenvalue weighted by Crippen LogP contribution is -2.19.